The molecule has 0 aromatic carbocycles. The molecular formula is C19H22N4O. The highest BCUT2D eigenvalue weighted by atomic mass is 16.5. The molecule has 2 fully saturated rings. The topological polar surface area (TPSA) is 54.0 Å². The van der Waals surface area contributed by atoms with Crippen LogP contribution >= 0.6 is 0 Å². The monoisotopic (exact) mass is 322 g/mol. The van der Waals surface area contributed by atoms with E-state index in [1.54, 1.807) is 0 Å². The summed E-state index contributed by atoms with van der Waals surface area (Å²) in [6.07, 6.45) is 11.1. The molecule has 5 nitrogen and oxygen atoms in total. The largest absolute Gasteiger partial charge is 0.378 e. The SMILES string of the molecule is c1cc(N2CCC(OCC3CC3)CC2)c2c(cnc3[nH]ccc32)n1. The highest BCUT2D eigenvalue weighted by Crippen LogP contribution is 2.34. The number of H-pyrrole nitrogens is 1. The van der Waals surface area contributed by atoms with E-state index in [2.05, 4.69) is 32.0 Å². The minimum absolute atomic E-state index is 0.434. The van der Waals surface area contributed by atoms with E-state index in [0.29, 0.717) is 6.10 Å². The number of pyridine rings is 2. The van der Waals surface area contributed by atoms with Crippen LogP contribution in [-0.2, 0) is 4.74 Å². The molecule has 0 unspecified atom stereocenters. The molecule has 2 aliphatic rings. The normalized spacial score (nSPS) is 19.4. The van der Waals surface area contributed by atoms with Crippen molar-refractivity contribution in [2.45, 2.75) is 31.8 Å². The minimum Gasteiger partial charge on any atom is -0.378 e. The maximum atomic E-state index is 6.08. The maximum Gasteiger partial charge on any atom is 0.138 e. The molecular weight excluding hydrogens is 300 g/mol. The Morgan fingerprint density at radius 3 is 2.83 bits per heavy atom. The van der Waals surface area contributed by atoms with Gasteiger partial charge in [0.2, 0.25) is 0 Å². The van der Waals surface area contributed by atoms with Gasteiger partial charge in [0.25, 0.3) is 0 Å². The zero-order valence-electron chi connectivity index (χ0n) is 13.7. The molecule has 1 N–H and O–H groups in total. The Hall–Kier alpha value is -2.14. The summed E-state index contributed by atoms with van der Waals surface area (Å²) in [6.45, 7) is 3.06. The number of aromatic nitrogens is 3. The van der Waals surface area contributed by atoms with Crippen molar-refractivity contribution in [3.05, 3.63) is 30.7 Å². The van der Waals surface area contributed by atoms with Crippen LogP contribution in [0.25, 0.3) is 21.9 Å². The van der Waals surface area contributed by atoms with Gasteiger partial charge >= 0.3 is 0 Å². The molecule has 3 aromatic rings. The third-order valence-corrected chi connectivity index (χ3v) is 5.32. The van der Waals surface area contributed by atoms with Gasteiger partial charge in [-0.05, 0) is 43.7 Å². The lowest BCUT2D eigenvalue weighted by molar-refractivity contribution is 0.0305. The number of rotatable bonds is 4. The van der Waals surface area contributed by atoms with Crippen molar-refractivity contribution in [2.75, 3.05) is 24.6 Å². The fourth-order valence-corrected chi connectivity index (χ4v) is 3.72. The molecule has 124 valence electrons. The molecule has 1 aliphatic carbocycles. The molecule has 3 aromatic heterocycles. The van der Waals surface area contributed by atoms with Crippen molar-refractivity contribution < 1.29 is 4.74 Å². The van der Waals surface area contributed by atoms with Crippen LogP contribution < -0.4 is 4.90 Å². The summed E-state index contributed by atoms with van der Waals surface area (Å²) in [5.41, 5.74) is 3.17. The van der Waals surface area contributed by atoms with Gasteiger partial charge in [0, 0.05) is 48.5 Å². The molecule has 0 bridgehead atoms. The minimum atomic E-state index is 0.434. The zero-order chi connectivity index (χ0) is 15.9. The Balaban J connectivity index is 1.41. The number of nitrogens with zero attached hydrogens (tertiary/aromatic N) is 3. The van der Waals surface area contributed by atoms with Gasteiger partial charge < -0.3 is 14.6 Å². The smallest absolute Gasteiger partial charge is 0.138 e. The fourth-order valence-electron chi connectivity index (χ4n) is 3.72. The maximum absolute atomic E-state index is 6.08. The number of aromatic amines is 1. The number of anilines is 1. The molecule has 24 heavy (non-hydrogen) atoms. The van der Waals surface area contributed by atoms with Crippen molar-refractivity contribution in [1.82, 2.24) is 15.0 Å². The van der Waals surface area contributed by atoms with Gasteiger partial charge in [-0.2, -0.15) is 0 Å². The number of ether oxygens (including phenoxy) is 1. The van der Waals surface area contributed by atoms with Crippen molar-refractivity contribution in [3.63, 3.8) is 0 Å². The highest BCUT2D eigenvalue weighted by Gasteiger charge is 2.26. The predicted molar refractivity (Wildman–Crippen MR) is 95.3 cm³/mol. The third kappa shape index (κ3) is 2.53. The number of hydrogen-bond donors (Lipinski definition) is 1. The Kier molecular flexibility index (Phi) is 3.40. The van der Waals surface area contributed by atoms with E-state index >= 15 is 0 Å². The molecule has 0 radical (unpaired) electrons. The summed E-state index contributed by atoms with van der Waals surface area (Å²) in [7, 11) is 0. The van der Waals surface area contributed by atoms with Crippen LogP contribution in [0.15, 0.2) is 30.7 Å². The van der Waals surface area contributed by atoms with E-state index in [1.807, 2.05) is 18.6 Å². The second-order valence-electron chi connectivity index (χ2n) is 7.05. The lowest BCUT2D eigenvalue weighted by atomic mass is 10.0. The quantitative estimate of drug-likeness (QED) is 0.798. The summed E-state index contributed by atoms with van der Waals surface area (Å²) in [4.78, 5) is 14.7. The van der Waals surface area contributed by atoms with Crippen LogP contribution in [0, 0.1) is 5.92 Å². The number of piperidine rings is 1. The molecule has 1 aliphatic heterocycles. The van der Waals surface area contributed by atoms with E-state index in [4.69, 9.17) is 4.74 Å². The van der Waals surface area contributed by atoms with Gasteiger partial charge in [-0.25, -0.2) is 4.98 Å². The Labute approximate surface area is 141 Å². The molecule has 0 amide bonds. The number of hydrogen-bond acceptors (Lipinski definition) is 4. The van der Waals surface area contributed by atoms with Crippen molar-refractivity contribution in [2.24, 2.45) is 5.92 Å². The predicted octanol–water partition coefficient (Wildman–Crippen LogP) is 3.51. The van der Waals surface area contributed by atoms with Gasteiger partial charge in [-0.3, -0.25) is 4.98 Å². The zero-order valence-corrected chi connectivity index (χ0v) is 13.7. The van der Waals surface area contributed by atoms with E-state index in [-0.39, 0.29) is 0 Å². The summed E-state index contributed by atoms with van der Waals surface area (Å²) in [5, 5.41) is 2.36. The third-order valence-electron chi connectivity index (χ3n) is 5.32. The lowest BCUT2D eigenvalue weighted by Crippen LogP contribution is -2.37. The summed E-state index contributed by atoms with van der Waals surface area (Å²) < 4.78 is 6.08. The van der Waals surface area contributed by atoms with E-state index in [9.17, 15) is 0 Å². The first-order valence-electron chi connectivity index (χ1n) is 8.96. The molecule has 5 heteroatoms. The average molecular weight is 322 g/mol. The summed E-state index contributed by atoms with van der Waals surface area (Å²) in [5.74, 6) is 0.849. The molecule has 1 saturated carbocycles. The lowest BCUT2D eigenvalue weighted by Gasteiger charge is -2.34. The second-order valence-corrected chi connectivity index (χ2v) is 7.05. The first kappa shape index (κ1) is 14.2. The molecule has 4 heterocycles. The fraction of sp³-hybridized carbons (Fsp3) is 0.474. The van der Waals surface area contributed by atoms with E-state index in [0.717, 1.165) is 55.0 Å². The van der Waals surface area contributed by atoms with Gasteiger partial charge in [-0.15, -0.1) is 0 Å². The van der Waals surface area contributed by atoms with Gasteiger partial charge in [-0.1, -0.05) is 0 Å². The molecule has 0 atom stereocenters. The molecule has 5 rings (SSSR count). The number of fused-ring (bicyclic) bond motifs is 3. The Morgan fingerprint density at radius 1 is 1.12 bits per heavy atom. The summed E-state index contributed by atoms with van der Waals surface area (Å²) >= 11 is 0. The van der Waals surface area contributed by atoms with Crippen LogP contribution in [0.2, 0.25) is 0 Å². The molecule has 0 spiro atoms. The standard InChI is InChI=1S/C19H22N4O/c1-2-13(1)12-24-14-5-9-23(10-6-14)17-4-8-20-16-11-22-19-15(18(16)17)3-7-21-19/h3-4,7-8,11,13-14H,1-2,5-6,9-10,12H2,(H,21,22). The highest BCUT2D eigenvalue weighted by molar-refractivity contribution is 6.09. The van der Waals surface area contributed by atoms with Gasteiger partial charge in [0.15, 0.2) is 0 Å². The Bertz CT molecular complexity index is 862. The molecule has 1 saturated heterocycles. The second kappa shape index (κ2) is 5.74. The van der Waals surface area contributed by atoms with Gasteiger partial charge in [0.1, 0.15) is 5.65 Å². The van der Waals surface area contributed by atoms with Crippen molar-refractivity contribution >= 4 is 27.6 Å². The van der Waals surface area contributed by atoms with Crippen LogP contribution in [-0.4, -0.2) is 40.8 Å². The van der Waals surface area contributed by atoms with Crippen LogP contribution in [0.3, 0.4) is 0 Å². The van der Waals surface area contributed by atoms with Crippen LogP contribution in [0.5, 0.6) is 0 Å². The first-order chi connectivity index (χ1) is 11.9. The Morgan fingerprint density at radius 2 is 2.00 bits per heavy atom. The first-order valence-corrected chi connectivity index (χ1v) is 8.96. The average Bonchev–Trinajstić information content (AvgIpc) is 3.34. The number of nitrogens with one attached hydrogen (secondary N) is 1. The van der Waals surface area contributed by atoms with Crippen molar-refractivity contribution in [1.29, 1.82) is 0 Å². The van der Waals surface area contributed by atoms with E-state index in [1.165, 1.54) is 23.9 Å². The van der Waals surface area contributed by atoms with Crippen LogP contribution in [0.4, 0.5) is 5.69 Å². The van der Waals surface area contributed by atoms with Crippen LogP contribution in [0.1, 0.15) is 25.7 Å². The van der Waals surface area contributed by atoms with Gasteiger partial charge in [0.05, 0.1) is 17.8 Å². The van der Waals surface area contributed by atoms with E-state index < -0.39 is 0 Å². The van der Waals surface area contributed by atoms with Crippen molar-refractivity contribution in [3.8, 4) is 0 Å². The summed E-state index contributed by atoms with van der Waals surface area (Å²) in [6, 6.07) is 4.24.